The Bertz CT molecular complexity index is 998. The fourth-order valence-electron chi connectivity index (χ4n) is 3.07. The number of amides is 1. The zero-order chi connectivity index (χ0) is 21.2. The fraction of sp³-hybridized carbons (Fsp3) is 0.421. The molecule has 1 aliphatic rings. The second kappa shape index (κ2) is 8.91. The van der Waals surface area contributed by atoms with E-state index in [-0.39, 0.29) is 9.09 Å². The van der Waals surface area contributed by atoms with Gasteiger partial charge < -0.3 is 14.8 Å². The number of methoxy groups -OCH3 is 2. The van der Waals surface area contributed by atoms with E-state index in [1.807, 2.05) is 0 Å². The van der Waals surface area contributed by atoms with Crippen molar-refractivity contribution in [3.8, 4) is 11.5 Å². The molecule has 1 fully saturated rings. The van der Waals surface area contributed by atoms with Crippen molar-refractivity contribution in [2.45, 2.75) is 24.0 Å². The lowest BCUT2D eigenvalue weighted by atomic mass is 10.0. The molecule has 0 unspecified atom stereocenters. The van der Waals surface area contributed by atoms with Crippen molar-refractivity contribution < 1.29 is 22.7 Å². The molecule has 158 valence electrons. The van der Waals surface area contributed by atoms with Crippen LogP contribution in [0, 0.1) is 5.92 Å². The zero-order valence-electron chi connectivity index (χ0n) is 16.4. The van der Waals surface area contributed by atoms with Gasteiger partial charge in [-0.1, -0.05) is 18.5 Å². The van der Waals surface area contributed by atoms with Crippen LogP contribution in [0.5, 0.6) is 11.5 Å². The van der Waals surface area contributed by atoms with Gasteiger partial charge in [0.2, 0.25) is 0 Å². The van der Waals surface area contributed by atoms with Gasteiger partial charge in [0.1, 0.15) is 15.7 Å². The van der Waals surface area contributed by atoms with Crippen LogP contribution < -0.4 is 14.8 Å². The number of anilines is 1. The SMILES string of the molecule is COc1cc(OC)c(NC(=O)c2ccc(S(=O)(=O)N3CCC(C)CC3)s2)cc1Cl. The molecule has 2 aromatic rings. The lowest BCUT2D eigenvalue weighted by molar-refractivity contribution is 0.103. The number of hydrogen-bond donors (Lipinski definition) is 1. The Hall–Kier alpha value is -1.81. The van der Waals surface area contributed by atoms with Gasteiger partial charge in [-0.25, -0.2) is 8.42 Å². The summed E-state index contributed by atoms with van der Waals surface area (Å²) in [5, 5.41) is 3.04. The highest BCUT2D eigenvalue weighted by Gasteiger charge is 2.30. The van der Waals surface area contributed by atoms with Crippen LogP contribution in [0.1, 0.15) is 29.4 Å². The van der Waals surface area contributed by atoms with E-state index in [0.29, 0.717) is 41.2 Å². The van der Waals surface area contributed by atoms with Gasteiger partial charge in [0, 0.05) is 19.2 Å². The Morgan fingerprint density at radius 3 is 2.45 bits per heavy atom. The molecule has 0 saturated carbocycles. The van der Waals surface area contributed by atoms with Gasteiger partial charge in [0.05, 0.1) is 29.8 Å². The van der Waals surface area contributed by atoms with Crippen molar-refractivity contribution >= 4 is 44.6 Å². The maximum Gasteiger partial charge on any atom is 0.265 e. The molecule has 0 aliphatic carbocycles. The smallest absolute Gasteiger partial charge is 0.265 e. The number of nitrogens with one attached hydrogen (secondary N) is 1. The first-order chi connectivity index (χ1) is 13.8. The number of halogens is 1. The van der Waals surface area contributed by atoms with Gasteiger partial charge in [-0.3, -0.25) is 4.79 Å². The first-order valence-electron chi connectivity index (χ1n) is 9.09. The van der Waals surface area contributed by atoms with E-state index in [2.05, 4.69) is 12.2 Å². The fourth-order valence-corrected chi connectivity index (χ4v) is 6.14. The van der Waals surface area contributed by atoms with Crippen LogP contribution in [0.15, 0.2) is 28.5 Å². The molecule has 0 spiro atoms. The van der Waals surface area contributed by atoms with Gasteiger partial charge in [0.15, 0.2) is 0 Å². The molecule has 2 heterocycles. The normalized spacial score (nSPS) is 15.9. The number of hydrogen-bond acceptors (Lipinski definition) is 6. The van der Waals surface area contributed by atoms with E-state index < -0.39 is 15.9 Å². The largest absolute Gasteiger partial charge is 0.495 e. The Morgan fingerprint density at radius 2 is 1.83 bits per heavy atom. The molecular weight excluding hydrogens is 436 g/mol. The lowest BCUT2D eigenvalue weighted by Gasteiger charge is -2.28. The van der Waals surface area contributed by atoms with Gasteiger partial charge in [-0.05, 0) is 37.0 Å². The molecule has 1 aromatic carbocycles. The van der Waals surface area contributed by atoms with Crippen LogP contribution >= 0.6 is 22.9 Å². The number of thiophene rings is 1. The summed E-state index contributed by atoms with van der Waals surface area (Å²) in [7, 11) is -0.642. The van der Waals surface area contributed by atoms with Crippen molar-refractivity contribution in [2.75, 3.05) is 32.6 Å². The molecule has 1 saturated heterocycles. The molecule has 10 heteroatoms. The molecule has 0 radical (unpaired) electrons. The molecule has 0 bridgehead atoms. The van der Waals surface area contributed by atoms with Gasteiger partial charge >= 0.3 is 0 Å². The summed E-state index contributed by atoms with van der Waals surface area (Å²) >= 11 is 7.08. The van der Waals surface area contributed by atoms with Crippen LogP contribution in [0.4, 0.5) is 5.69 Å². The molecule has 1 aliphatic heterocycles. The summed E-state index contributed by atoms with van der Waals surface area (Å²) in [6.07, 6.45) is 1.69. The average molecular weight is 459 g/mol. The summed E-state index contributed by atoms with van der Waals surface area (Å²) < 4.78 is 37.8. The summed E-state index contributed by atoms with van der Waals surface area (Å²) in [6.45, 7) is 3.13. The Balaban J connectivity index is 1.79. The van der Waals surface area contributed by atoms with Gasteiger partial charge in [0.25, 0.3) is 15.9 Å². The first kappa shape index (κ1) is 21.9. The monoisotopic (exact) mass is 458 g/mol. The number of ether oxygens (including phenoxy) is 2. The highest BCUT2D eigenvalue weighted by Crippen LogP contribution is 2.36. The standard InChI is InChI=1S/C19H23ClN2O5S2/c1-12-6-8-22(9-7-12)29(24,25)18-5-4-17(28-18)19(23)21-14-10-13(20)15(26-2)11-16(14)27-3/h4-5,10-12H,6-9H2,1-3H3,(H,21,23). The lowest BCUT2D eigenvalue weighted by Crippen LogP contribution is -2.37. The maximum atomic E-state index is 12.9. The van der Waals surface area contributed by atoms with Gasteiger partial charge in [-0.15, -0.1) is 11.3 Å². The minimum atomic E-state index is -3.59. The second-order valence-corrected chi connectivity index (χ2v) is 10.5. The van der Waals surface area contributed by atoms with Crippen LogP contribution in [0.25, 0.3) is 0 Å². The topological polar surface area (TPSA) is 84.9 Å². The first-order valence-corrected chi connectivity index (χ1v) is 11.7. The molecule has 1 aromatic heterocycles. The van der Waals surface area contributed by atoms with Crippen LogP contribution in [-0.4, -0.2) is 45.9 Å². The molecule has 3 rings (SSSR count). The third-order valence-electron chi connectivity index (χ3n) is 4.86. The summed E-state index contributed by atoms with van der Waals surface area (Å²) in [6, 6.07) is 6.08. The van der Waals surface area contributed by atoms with Crippen LogP contribution in [-0.2, 0) is 10.0 Å². The van der Waals surface area contributed by atoms with E-state index in [0.717, 1.165) is 24.2 Å². The van der Waals surface area contributed by atoms with Crippen molar-refractivity contribution in [3.63, 3.8) is 0 Å². The highest BCUT2D eigenvalue weighted by atomic mass is 35.5. The average Bonchev–Trinajstić information content (AvgIpc) is 3.20. The number of carbonyl (C=O) groups is 1. The Morgan fingerprint density at radius 1 is 1.17 bits per heavy atom. The molecule has 29 heavy (non-hydrogen) atoms. The molecule has 1 N–H and O–H groups in total. The molecule has 1 amide bonds. The Kier molecular flexibility index (Phi) is 6.72. The summed E-state index contributed by atoms with van der Waals surface area (Å²) in [5.74, 6) is 0.883. The number of sulfonamides is 1. The number of piperidine rings is 1. The van der Waals surface area contributed by atoms with Crippen LogP contribution in [0.2, 0.25) is 5.02 Å². The van der Waals surface area contributed by atoms with E-state index in [1.54, 1.807) is 6.07 Å². The number of rotatable bonds is 6. The predicted molar refractivity (Wildman–Crippen MR) is 114 cm³/mol. The van der Waals surface area contributed by atoms with Crippen molar-refractivity contribution in [2.24, 2.45) is 5.92 Å². The third kappa shape index (κ3) is 4.69. The highest BCUT2D eigenvalue weighted by molar-refractivity contribution is 7.91. The van der Waals surface area contributed by atoms with Crippen molar-refractivity contribution in [3.05, 3.63) is 34.2 Å². The minimum Gasteiger partial charge on any atom is -0.495 e. The van der Waals surface area contributed by atoms with E-state index in [1.165, 1.54) is 36.7 Å². The zero-order valence-corrected chi connectivity index (χ0v) is 18.8. The Labute approximate surface area is 179 Å². The second-order valence-electron chi connectivity index (χ2n) is 6.85. The predicted octanol–water partition coefficient (Wildman–Crippen LogP) is 4.09. The van der Waals surface area contributed by atoms with E-state index in [4.69, 9.17) is 21.1 Å². The molecular formula is C19H23ClN2O5S2. The number of nitrogens with zero attached hydrogens (tertiary/aromatic N) is 1. The van der Waals surface area contributed by atoms with Crippen molar-refractivity contribution in [1.29, 1.82) is 0 Å². The summed E-state index contributed by atoms with van der Waals surface area (Å²) in [5.41, 5.74) is 0.367. The maximum absolute atomic E-state index is 12.9. The van der Waals surface area contributed by atoms with Gasteiger partial charge in [-0.2, -0.15) is 4.31 Å². The minimum absolute atomic E-state index is 0.164. The number of benzene rings is 1. The number of carbonyl (C=O) groups excluding carboxylic acids is 1. The summed E-state index contributed by atoms with van der Waals surface area (Å²) in [4.78, 5) is 12.9. The molecule has 7 nitrogen and oxygen atoms in total. The van der Waals surface area contributed by atoms with E-state index in [9.17, 15) is 13.2 Å². The third-order valence-corrected chi connectivity index (χ3v) is 8.61. The molecule has 0 atom stereocenters. The quantitative estimate of drug-likeness (QED) is 0.704. The van der Waals surface area contributed by atoms with E-state index >= 15 is 0 Å². The van der Waals surface area contributed by atoms with Crippen molar-refractivity contribution in [1.82, 2.24) is 4.31 Å². The van der Waals surface area contributed by atoms with Crippen LogP contribution in [0.3, 0.4) is 0 Å².